The summed E-state index contributed by atoms with van der Waals surface area (Å²) in [6, 6.07) is 8.47. The fraction of sp³-hybridized carbons (Fsp3) is 0.611. The van der Waals surface area contributed by atoms with Gasteiger partial charge in [0.05, 0.1) is 6.04 Å². The number of carbonyl (C=O) groups excluding carboxylic acids is 1. The molecule has 0 aromatic heterocycles. The second-order valence-corrected chi connectivity index (χ2v) is 6.51. The Hall–Kier alpha value is -1.35. The molecule has 116 valence electrons. The molecule has 2 atom stereocenters. The van der Waals surface area contributed by atoms with Crippen molar-refractivity contribution >= 4 is 5.91 Å². The minimum atomic E-state index is -0.0321. The first-order valence-corrected chi connectivity index (χ1v) is 8.16. The smallest absolute Gasteiger partial charge is 0.241 e. The normalized spacial score (nSPS) is 22.3. The molecule has 21 heavy (non-hydrogen) atoms. The number of benzene rings is 1. The SMILES string of the molecule is CCC1NC(c2ccc(C)cc2)N(CCCC(C)C)C1=O. The molecule has 1 N–H and O–H groups in total. The summed E-state index contributed by atoms with van der Waals surface area (Å²) in [7, 11) is 0. The standard InChI is InChI=1S/C18H28N2O/c1-5-16-18(21)20(12-6-7-13(2)3)17(19-16)15-10-8-14(4)9-11-15/h8-11,13,16-17,19H,5-7,12H2,1-4H3. The quantitative estimate of drug-likeness (QED) is 0.866. The molecule has 0 bridgehead atoms. The third-order valence-electron chi connectivity index (χ3n) is 4.23. The molecule has 1 heterocycles. The summed E-state index contributed by atoms with van der Waals surface area (Å²) < 4.78 is 0. The zero-order valence-corrected chi connectivity index (χ0v) is 13.7. The highest BCUT2D eigenvalue weighted by atomic mass is 16.2. The van der Waals surface area contributed by atoms with Gasteiger partial charge in [-0.3, -0.25) is 10.1 Å². The van der Waals surface area contributed by atoms with Gasteiger partial charge in [0.15, 0.2) is 0 Å². The predicted molar refractivity (Wildman–Crippen MR) is 86.9 cm³/mol. The van der Waals surface area contributed by atoms with Crippen LogP contribution in [0.15, 0.2) is 24.3 Å². The lowest BCUT2D eigenvalue weighted by Gasteiger charge is -2.25. The Balaban J connectivity index is 2.12. The van der Waals surface area contributed by atoms with Crippen molar-refractivity contribution in [2.45, 2.75) is 59.2 Å². The van der Waals surface area contributed by atoms with Crippen LogP contribution >= 0.6 is 0 Å². The average Bonchev–Trinajstić information content (AvgIpc) is 2.76. The molecule has 3 nitrogen and oxygen atoms in total. The maximum absolute atomic E-state index is 12.5. The minimum Gasteiger partial charge on any atom is -0.322 e. The van der Waals surface area contributed by atoms with Crippen LogP contribution in [0.5, 0.6) is 0 Å². The average molecular weight is 288 g/mol. The molecule has 1 aliphatic heterocycles. The molecular weight excluding hydrogens is 260 g/mol. The summed E-state index contributed by atoms with van der Waals surface area (Å²) >= 11 is 0. The Morgan fingerprint density at radius 3 is 2.48 bits per heavy atom. The van der Waals surface area contributed by atoms with Gasteiger partial charge in [0.25, 0.3) is 0 Å². The number of nitrogens with one attached hydrogen (secondary N) is 1. The van der Waals surface area contributed by atoms with Crippen LogP contribution < -0.4 is 5.32 Å². The second-order valence-electron chi connectivity index (χ2n) is 6.51. The largest absolute Gasteiger partial charge is 0.322 e. The number of amides is 1. The van der Waals surface area contributed by atoms with Crippen molar-refractivity contribution in [3.8, 4) is 0 Å². The number of rotatable bonds is 6. The molecule has 1 amide bonds. The summed E-state index contributed by atoms with van der Waals surface area (Å²) in [6.07, 6.45) is 3.13. The molecular formula is C18H28N2O. The van der Waals surface area contributed by atoms with E-state index in [2.05, 4.69) is 57.3 Å². The van der Waals surface area contributed by atoms with Crippen molar-refractivity contribution in [2.75, 3.05) is 6.54 Å². The number of aryl methyl sites for hydroxylation is 1. The Morgan fingerprint density at radius 2 is 1.90 bits per heavy atom. The van der Waals surface area contributed by atoms with Gasteiger partial charge in [0.2, 0.25) is 5.91 Å². The molecule has 2 rings (SSSR count). The van der Waals surface area contributed by atoms with E-state index >= 15 is 0 Å². The van der Waals surface area contributed by atoms with E-state index in [1.54, 1.807) is 0 Å². The minimum absolute atomic E-state index is 0.0321. The molecule has 0 radical (unpaired) electrons. The van der Waals surface area contributed by atoms with E-state index in [0.717, 1.165) is 19.4 Å². The van der Waals surface area contributed by atoms with Crippen LogP contribution in [0.1, 0.15) is 57.3 Å². The molecule has 0 saturated carbocycles. The van der Waals surface area contributed by atoms with Gasteiger partial charge in [-0.2, -0.15) is 0 Å². The van der Waals surface area contributed by atoms with Crippen molar-refractivity contribution in [3.63, 3.8) is 0 Å². The maximum atomic E-state index is 12.5. The molecule has 3 heteroatoms. The van der Waals surface area contributed by atoms with Crippen molar-refractivity contribution in [1.82, 2.24) is 10.2 Å². The molecule has 1 aliphatic rings. The van der Waals surface area contributed by atoms with Gasteiger partial charge < -0.3 is 4.90 Å². The first kappa shape index (κ1) is 16.0. The molecule has 2 unspecified atom stereocenters. The van der Waals surface area contributed by atoms with Crippen LogP contribution in [0, 0.1) is 12.8 Å². The molecule has 0 spiro atoms. The Bertz CT molecular complexity index is 467. The van der Waals surface area contributed by atoms with Gasteiger partial charge in [-0.1, -0.05) is 50.6 Å². The summed E-state index contributed by atoms with van der Waals surface area (Å²) in [5, 5.41) is 3.49. The van der Waals surface area contributed by atoms with Gasteiger partial charge in [-0.25, -0.2) is 0 Å². The third-order valence-corrected chi connectivity index (χ3v) is 4.23. The maximum Gasteiger partial charge on any atom is 0.241 e. The third kappa shape index (κ3) is 3.85. The summed E-state index contributed by atoms with van der Waals surface area (Å²) in [4.78, 5) is 14.6. The van der Waals surface area contributed by atoms with Crippen LogP contribution in [0.2, 0.25) is 0 Å². The van der Waals surface area contributed by atoms with Crippen LogP contribution in [-0.4, -0.2) is 23.4 Å². The van der Waals surface area contributed by atoms with Crippen LogP contribution in [0.4, 0.5) is 0 Å². The van der Waals surface area contributed by atoms with Gasteiger partial charge in [0.1, 0.15) is 6.17 Å². The Labute approximate surface area is 128 Å². The first-order chi connectivity index (χ1) is 10.0. The predicted octanol–water partition coefficient (Wildman–Crippen LogP) is 3.64. The lowest BCUT2D eigenvalue weighted by Crippen LogP contribution is -2.32. The van der Waals surface area contributed by atoms with Crippen LogP contribution in [0.25, 0.3) is 0 Å². The summed E-state index contributed by atoms with van der Waals surface area (Å²) in [5.74, 6) is 0.947. The molecule has 1 aromatic carbocycles. The highest BCUT2D eigenvalue weighted by Gasteiger charge is 2.37. The monoisotopic (exact) mass is 288 g/mol. The van der Waals surface area contributed by atoms with Crippen LogP contribution in [0.3, 0.4) is 0 Å². The fourth-order valence-electron chi connectivity index (χ4n) is 2.91. The fourth-order valence-corrected chi connectivity index (χ4v) is 2.91. The summed E-state index contributed by atoms with van der Waals surface area (Å²) in [5.41, 5.74) is 2.44. The van der Waals surface area contributed by atoms with E-state index in [4.69, 9.17) is 0 Å². The molecule has 1 fully saturated rings. The van der Waals surface area contributed by atoms with Gasteiger partial charge >= 0.3 is 0 Å². The summed E-state index contributed by atoms with van der Waals surface area (Å²) in [6.45, 7) is 9.47. The number of carbonyl (C=O) groups is 1. The first-order valence-electron chi connectivity index (χ1n) is 8.16. The highest BCUT2D eigenvalue weighted by molar-refractivity contribution is 5.84. The van der Waals surface area contributed by atoms with Crippen LogP contribution in [-0.2, 0) is 4.79 Å². The zero-order chi connectivity index (χ0) is 15.4. The van der Waals surface area contributed by atoms with Crippen molar-refractivity contribution in [1.29, 1.82) is 0 Å². The Kier molecular flexibility index (Phi) is 5.40. The second kappa shape index (κ2) is 7.08. The van der Waals surface area contributed by atoms with Gasteiger partial charge in [-0.15, -0.1) is 0 Å². The van der Waals surface area contributed by atoms with E-state index in [1.165, 1.54) is 17.5 Å². The number of nitrogens with zero attached hydrogens (tertiary/aromatic N) is 1. The molecule has 1 saturated heterocycles. The van der Waals surface area contributed by atoms with E-state index < -0.39 is 0 Å². The van der Waals surface area contributed by atoms with Crippen molar-refractivity contribution < 1.29 is 4.79 Å². The van der Waals surface area contributed by atoms with E-state index in [1.807, 2.05) is 4.90 Å². The number of hydrogen-bond donors (Lipinski definition) is 1. The Morgan fingerprint density at radius 1 is 1.24 bits per heavy atom. The van der Waals surface area contributed by atoms with E-state index in [0.29, 0.717) is 5.92 Å². The van der Waals surface area contributed by atoms with E-state index in [9.17, 15) is 4.79 Å². The highest BCUT2D eigenvalue weighted by Crippen LogP contribution is 2.27. The lowest BCUT2D eigenvalue weighted by molar-refractivity contribution is -0.130. The van der Waals surface area contributed by atoms with Crippen molar-refractivity contribution in [3.05, 3.63) is 35.4 Å². The molecule has 1 aromatic rings. The number of hydrogen-bond acceptors (Lipinski definition) is 2. The van der Waals surface area contributed by atoms with Gasteiger partial charge in [-0.05, 0) is 37.7 Å². The zero-order valence-electron chi connectivity index (χ0n) is 13.7. The van der Waals surface area contributed by atoms with Gasteiger partial charge in [0, 0.05) is 6.54 Å². The topological polar surface area (TPSA) is 32.3 Å². The van der Waals surface area contributed by atoms with E-state index in [-0.39, 0.29) is 18.1 Å². The van der Waals surface area contributed by atoms with Crippen molar-refractivity contribution in [2.24, 2.45) is 5.92 Å². The molecule has 0 aliphatic carbocycles. The lowest BCUT2D eigenvalue weighted by atomic mass is 10.1.